The van der Waals surface area contributed by atoms with E-state index in [1.807, 2.05) is 60.7 Å². The molecule has 142 valence electrons. The van der Waals surface area contributed by atoms with Crippen LogP contribution in [-0.4, -0.2) is 4.98 Å². The predicted molar refractivity (Wildman–Crippen MR) is 120 cm³/mol. The van der Waals surface area contributed by atoms with Crippen LogP contribution in [0.5, 0.6) is 0 Å². The molecule has 0 fully saturated rings. The highest BCUT2D eigenvalue weighted by molar-refractivity contribution is 7.22. The molecular weight excluding hydrogens is 402 g/mol. The lowest BCUT2D eigenvalue weighted by molar-refractivity contribution is 0.618. The van der Waals surface area contributed by atoms with Gasteiger partial charge in [-0.15, -0.1) is 0 Å². The Hall–Kier alpha value is -3.15. The Morgan fingerprint density at radius 2 is 1.83 bits per heavy atom. The fraction of sp³-hybridized carbons (Fsp3) is 0.0435. The number of rotatable bonds is 3. The van der Waals surface area contributed by atoms with E-state index in [0.29, 0.717) is 5.02 Å². The molecule has 2 heterocycles. The first kappa shape index (κ1) is 17.9. The third-order valence-corrected chi connectivity index (χ3v) is 5.79. The van der Waals surface area contributed by atoms with Crippen molar-refractivity contribution in [2.45, 2.75) is 6.92 Å². The van der Waals surface area contributed by atoms with Gasteiger partial charge in [0.1, 0.15) is 11.3 Å². The number of hydrogen-bond donors (Lipinski definition) is 1. The molecule has 0 aliphatic carbocycles. The van der Waals surface area contributed by atoms with Crippen molar-refractivity contribution in [3.63, 3.8) is 0 Å². The fourth-order valence-corrected chi connectivity index (χ4v) is 4.09. The molecule has 5 rings (SSSR count). The van der Waals surface area contributed by atoms with Crippen molar-refractivity contribution >= 4 is 49.3 Å². The van der Waals surface area contributed by atoms with Crippen molar-refractivity contribution < 1.29 is 4.42 Å². The number of nitrogens with one attached hydrogen (secondary N) is 1. The minimum Gasteiger partial charge on any atom is -0.456 e. The van der Waals surface area contributed by atoms with E-state index in [9.17, 15) is 0 Å². The molecule has 0 spiro atoms. The molecule has 0 unspecified atom stereocenters. The number of nitrogens with zero attached hydrogens (tertiary/aromatic N) is 2. The van der Waals surface area contributed by atoms with Crippen molar-refractivity contribution in [3.8, 4) is 11.3 Å². The smallest absolute Gasteiger partial charge is 0.204 e. The number of halogens is 1. The summed E-state index contributed by atoms with van der Waals surface area (Å²) < 4.78 is 7.26. The second kappa shape index (κ2) is 7.35. The van der Waals surface area contributed by atoms with Crippen molar-refractivity contribution in [1.29, 1.82) is 0 Å². The van der Waals surface area contributed by atoms with E-state index in [2.05, 4.69) is 34.6 Å². The number of aryl methyl sites for hydroxylation is 1. The van der Waals surface area contributed by atoms with Crippen LogP contribution in [0.2, 0.25) is 5.02 Å². The summed E-state index contributed by atoms with van der Waals surface area (Å²) in [7, 11) is 0. The van der Waals surface area contributed by atoms with Crippen LogP contribution < -0.4 is 10.8 Å². The van der Waals surface area contributed by atoms with Crippen LogP contribution in [0, 0.1) is 6.92 Å². The topological polar surface area (TPSA) is 50.4 Å². The Balaban J connectivity index is 1.64. The Morgan fingerprint density at radius 3 is 2.66 bits per heavy atom. The van der Waals surface area contributed by atoms with Gasteiger partial charge in [-0.25, -0.2) is 4.98 Å². The molecule has 1 N–H and O–H groups in total. The first-order valence-electron chi connectivity index (χ1n) is 9.11. The average molecular weight is 418 g/mol. The third kappa shape index (κ3) is 3.62. The lowest BCUT2D eigenvalue weighted by Crippen LogP contribution is -2.07. The summed E-state index contributed by atoms with van der Waals surface area (Å²) in [5, 5.41) is 7.83. The van der Waals surface area contributed by atoms with Crippen molar-refractivity contribution in [3.05, 3.63) is 88.7 Å². The number of fused-ring (bicyclic) bond motifs is 2. The summed E-state index contributed by atoms with van der Waals surface area (Å²) in [6, 6.07) is 23.6. The zero-order valence-electron chi connectivity index (χ0n) is 15.5. The molecule has 0 saturated heterocycles. The minimum atomic E-state index is 0.688. The number of hydrogen-bond acceptors (Lipinski definition) is 5. The second-order valence-electron chi connectivity index (χ2n) is 6.71. The van der Waals surface area contributed by atoms with Crippen LogP contribution in [0.15, 0.2) is 82.3 Å². The first-order chi connectivity index (χ1) is 14.2. The molecule has 29 heavy (non-hydrogen) atoms. The zero-order valence-corrected chi connectivity index (χ0v) is 17.1. The maximum Gasteiger partial charge on any atom is 0.204 e. The number of aromatic nitrogens is 1. The van der Waals surface area contributed by atoms with Crippen LogP contribution in [0.4, 0.5) is 5.13 Å². The Morgan fingerprint density at radius 1 is 1.00 bits per heavy atom. The maximum absolute atomic E-state index is 6.14. The van der Waals surface area contributed by atoms with Gasteiger partial charge < -0.3 is 4.42 Å². The predicted octanol–water partition coefficient (Wildman–Crippen LogP) is 6.60. The second-order valence-corrected chi connectivity index (χ2v) is 8.18. The molecule has 0 aliphatic heterocycles. The highest BCUT2D eigenvalue weighted by atomic mass is 35.5. The molecule has 0 saturated carbocycles. The summed E-state index contributed by atoms with van der Waals surface area (Å²) in [6.07, 6.45) is 0. The van der Waals surface area contributed by atoms with E-state index >= 15 is 0 Å². The van der Waals surface area contributed by atoms with Gasteiger partial charge in [0.25, 0.3) is 0 Å². The summed E-state index contributed by atoms with van der Waals surface area (Å²) >= 11 is 7.60. The minimum absolute atomic E-state index is 0.688. The molecule has 4 nitrogen and oxygen atoms in total. The van der Waals surface area contributed by atoms with Crippen LogP contribution >= 0.6 is 22.9 Å². The normalized spacial score (nSPS) is 12.0. The Kier molecular flexibility index (Phi) is 4.54. The van der Waals surface area contributed by atoms with E-state index in [1.54, 1.807) is 11.3 Å². The lowest BCUT2D eigenvalue weighted by Gasteiger charge is -2.06. The Labute approximate surface area is 176 Å². The lowest BCUT2D eigenvalue weighted by atomic mass is 10.1. The summed E-state index contributed by atoms with van der Waals surface area (Å²) in [6.45, 7) is 2.05. The highest BCUT2D eigenvalue weighted by Crippen LogP contribution is 2.26. The molecule has 0 amide bonds. The monoisotopic (exact) mass is 417 g/mol. The number of anilines is 1. The molecule has 0 bridgehead atoms. The number of benzene rings is 3. The molecule has 6 heteroatoms. The zero-order chi connectivity index (χ0) is 19.8. The van der Waals surface area contributed by atoms with Gasteiger partial charge in [0.15, 0.2) is 0 Å². The number of para-hydroxylation sites is 1. The molecule has 5 aromatic rings. The summed E-state index contributed by atoms with van der Waals surface area (Å²) in [5.74, 6) is 0.725. The number of thiazole rings is 1. The van der Waals surface area contributed by atoms with Gasteiger partial charge in [-0.1, -0.05) is 46.7 Å². The van der Waals surface area contributed by atoms with Gasteiger partial charge in [0, 0.05) is 22.0 Å². The van der Waals surface area contributed by atoms with Crippen LogP contribution in [-0.2, 0) is 0 Å². The molecule has 0 aliphatic rings. The quantitative estimate of drug-likeness (QED) is 0.336. The third-order valence-electron chi connectivity index (χ3n) is 4.59. The highest BCUT2D eigenvalue weighted by Gasteiger charge is 2.07. The van der Waals surface area contributed by atoms with Gasteiger partial charge in [0.05, 0.1) is 15.6 Å². The van der Waals surface area contributed by atoms with Crippen LogP contribution in [0.25, 0.3) is 32.5 Å². The molecule has 0 atom stereocenters. The van der Waals surface area contributed by atoms with Gasteiger partial charge in [-0.05, 0) is 55.5 Å². The van der Waals surface area contributed by atoms with Gasteiger partial charge in [-0.3, -0.25) is 5.43 Å². The standard InChI is InChI=1S/C23H16ClN3OS/c1-14-6-11-20-17(12-14)19(13-21(28-20)15-7-9-16(24)10-8-15)26-27-23-25-18-4-2-3-5-22(18)29-23/h2-13H,1H3,(H,25,27). The van der Waals surface area contributed by atoms with E-state index < -0.39 is 0 Å². The van der Waals surface area contributed by atoms with E-state index in [-0.39, 0.29) is 0 Å². The van der Waals surface area contributed by atoms with Gasteiger partial charge in [-0.2, -0.15) is 5.10 Å². The fourth-order valence-electron chi connectivity index (χ4n) is 3.16. The van der Waals surface area contributed by atoms with Crippen molar-refractivity contribution in [2.75, 3.05) is 5.43 Å². The SMILES string of the molecule is Cc1ccc2oc(-c3ccc(Cl)cc3)cc(=NNc3nc4ccccc4s3)c2c1. The van der Waals surface area contributed by atoms with Crippen molar-refractivity contribution in [2.24, 2.45) is 5.10 Å². The van der Waals surface area contributed by atoms with E-state index in [1.165, 1.54) is 0 Å². The van der Waals surface area contributed by atoms with Crippen LogP contribution in [0.1, 0.15) is 5.56 Å². The van der Waals surface area contributed by atoms with Gasteiger partial charge in [0.2, 0.25) is 5.13 Å². The molecular formula is C23H16ClN3OS. The van der Waals surface area contributed by atoms with E-state index in [0.717, 1.165) is 48.6 Å². The Bertz CT molecular complexity index is 1370. The first-order valence-corrected chi connectivity index (χ1v) is 10.3. The van der Waals surface area contributed by atoms with E-state index in [4.69, 9.17) is 16.0 Å². The van der Waals surface area contributed by atoms with Crippen molar-refractivity contribution in [1.82, 2.24) is 4.98 Å². The average Bonchev–Trinajstić information content (AvgIpc) is 3.15. The maximum atomic E-state index is 6.14. The molecule has 0 radical (unpaired) electrons. The summed E-state index contributed by atoms with van der Waals surface area (Å²) in [5.41, 5.74) is 6.93. The molecule has 2 aromatic heterocycles. The van der Waals surface area contributed by atoms with Gasteiger partial charge >= 0.3 is 0 Å². The van der Waals surface area contributed by atoms with Crippen LogP contribution in [0.3, 0.4) is 0 Å². The largest absolute Gasteiger partial charge is 0.456 e. The molecule has 3 aromatic carbocycles. The summed E-state index contributed by atoms with van der Waals surface area (Å²) in [4.78, 5) is 4.59.